The van der Waals surface area contributed by atoms with Crippen LogP contribution >= 0.6 is 11.8 Å². The molecular formula is C20H33N2OS+. The molecule has 0 radical (unpaired) electrons. The van der Waals surface area contributed by atoms with Crippen LogP contribution in [0.2, 0.25) is 0 Å². The summed E-state index contributed by atoms with van der Waals surface area (Å²) in [6, 6.07) is 11.1. The summed E-state index contributed by atoms with van der Waals surface area (Å²) in [7, 11) is 0. The minimum Gasteiger partial charge on any atom is -0.386 e. The topological polar surface area (TPSA) is 51.1 Å². The Hall–Kier alpha value is -0.550. The summed E-state index contributed by atoms with van der Waals surface area (Å²) in [6.45, 7) is 4.31. The average Bonchev–Trinajstić information content (AvgIpc) is 2.61. The number of quaternary nitrogens is 1. The maximum Gasteiger partial charge on any atom is 0.121 e. The number of benzene rings is 1. The first-order valence-corrected chi connectivity index (χ1v) is 10.5. The molecule has 0 amide bonds. The molecule has 24 heavy (non-hydrogen) atoms. The van der Waals surface area contributed by atoms with Crippen molar-refractivity contribution in [2.75, 3.05) is 18.8 Å². The Morgan fingerprint density at radius 2 is 1.92 bits per heavy atom. The van der Waals surface area contributed by atoms with E-state index < -0.39 is 0 Å². The Balaban J connectivity index is 1.47. The predicted molar refractivity (Wildman–Crippen MR) is 101 cm³/mol. The number of aliphatic hydroxyl groups excluding tert-OH is 1. The number of β-amino-alcohol motifs (C(OH)–C–C–N with tert-alkyl or cyclic N) is 1. The van der Waals surface area contributed by atoms with Crippen molar-refractivity contribution in [3.05, 3.63) is 30.3 Å². The van der Waals surface area contributed by atoms with Crippen LogP contribution in [0, 0.1) is 11.8 Å². The van der Waals surface area contributed by atoms with Gasteiger partial charge in [-0.25, -0.2) is 0 Å². The minimum atomic E-state index is -0.330. The highest BCUT2D eigenvalue weighted by Gasteiger charge is 2.36. The highest BCUT2D eigenvalue weighted by atomic mass is 32.2. The second kappa shape index (κ2) is 8.70. The van der Waals surface area contributed by atoms with Gasteiger partial charge in [-0.05, 0) is 43.7 Å². The van der Waals surface area contributed by atoms with Crippen molar-refractivity contribution >= 4 is 11.8 Å². The van der Waals surface area contributed by atoms with E-state index in [9.17, 15) is 5.11 Å². The number of rotatable bonds is 6. The van der Waals surface area contributed by atoms with Gasteiger partial charge in [-0.3, -0.25) is 4.90 Å². The van der Waals surface area contributed by atoms with Crippen LogP contribution in [-0.4, -0.2) is 47.0 Å². The molecule has 5 atom stereocenters. The highest BCUT2D eigenvalue weighted by Crippen LogP contribution is 2.38. The zero-order valence-electron chi connectivity index (χ0n) is 14.9. The molecule has 0 aromatic heterocycles. The SMILES string of the molecule is CC1CC2CCCCC2CN1CC(O)C([NH3+])CSc1ccccc1. The van der Waals surface area contributed by atoms with E-state index in [1.807, 2.05) is 6.07 Å². The van der Waals surface area contributed by atoms with Crippen LogP contribution < -0.4 is 5.73 Å². The van der Waals surface area contributed by atoms with Crippen molar-refractivity contribution in [3.63, 3.8) is 0 Å². The zero-order valence-corrected chi connectivity index (χ0v) is 15.8. The van der Waals surface area contributed by atoms with E-state index in [-0.39, 0.29) is 12.1 Å². The normalized spacial score (nSPS) is 30.5. The molecule has 1 heterocycles. The number of hydrogen-bond donors (Lipinski definition) is 2. The molecule has 5 unspecified atom stereocenters. The molecule has 4 heteroatoms. The lowest BCUT2D eigenvalue weighted by molar-refractivity contribution is -0.430. The second-order valence-electron chi connectivity index (χ2n) is 7.79. The van der Waals surface area contributed by atoms with Crippen LogP contribution in [0.15, 0.2) is 35.2 Å². The van der Waals surface area contributed by atoms with Crippen LogP contribution in [0.25, 0.3) is 0 Å². The lowest BCUT2D eigenvalue weighted by atomic mass is 9.73. The molecule has 1 aromatic rings. The first-order chi connectivity index (χ1) is 11.6. The van der Waals surface area contributed by atoms with Gasteiger partial charge in [0.25, 0.3) is 0 Å². The molecule has 1 aliphatic carbocycles. The fourth-order valence-electron chi connectivity index (χ4n) is 4.38. The Morgan fingerprint density at radius 3 is 2.67 bits per heavy atom. The lowest BCUT2D eigenvalue weighted by Gasteiger charge is -2.45. The average molecular weight is 350 g/mol. The number of thioether (sulfide) groups is 1. The van der Waals surface area contributed by atoms with Gasteiger partial charge in [-0.15, -0.1) is 11.8 Å². The van der Waals surface area contributed by atoms with Crippen molar-refractivity contribution in [2.24, 2.45) is 11.8 Å². The molecule has 1 aromatic carbocycles. The van der Waals surface area contributed by atoms with E-state index in [2.05, 4.69) is 41.8 Å². The van der Waals surface area contributed by atoms with E-state index in [0.717, 1.165) is 24.1 Å². The molecule has 2 fully saturated rings. The van der Waals surface area contributed by atoms with E-state index in [4.69, 9.17) is 0 Å². The van der Waals surface area contributed by atoms with Crippen molar-refractivity contribution in [1.82, 2.24) is 4.90 Å². The number of fused-ring (bicyclic) bond motifs is 1. The van der Waals surface area contributed by atoms with Gasteiger partial charge in [-0.1, -0.05) is 37.5 Å². The van der Waals surface area contributed by atoms with Crippen molar-refractivity contribution < 1.29 is 10.8 Å². The summed E-state index contributed by atoms with van der Waals surface area (Å²) in [5.41, 5.74) is 4.23. The van der Waals surface area contributed by atoms with Gasteiger partial charge in [-0.2, -0.15) is 0 Å². The fraction of sp³-hybridized carbons (Fsp3) is 0.700. The predicted octanol–water partition coefficient (Wildman–Crippen LogP) is 2.65. The number of aliphatic hydroxyl groups is 1. The van der Waals surface area contributed by atoms with Gasteiger partial charge in [0.05, 0.1) is 5.75 Å². The van der Waals surface area contributed by atoms with Gasteiger partial charge in [0.2, 0.25) is 0 Å². The third kappa shape index (κ3) is 4.75. The molecule has 4 N–H and O–H groups in total. The summed E-state index contributed by atoms with van der Waals surface area (Å²) < 4.78 is 0. The smallest absolute Gasteiger partial charge is 0.121 e. The van der Waals surface area contributed by atoms with Crippen molar-refractivity contribution in [2.45, 2.75) is 62.1 Å². The van der Waals surface area contributed by atoms with Crippen LogP contribution in [0.1, 0.15) is 39.0 Å². The van der Waals surface area contributed by atoms with E-state index in [0.29, 0.717) is 6.04 Å². The molecule has 3 rings (SSSR count). The van der Waals surface area contributed by atoms with Gasteiger partial charge >= 0.3 is 0 Å². The van der Waals surface area contributed by atoms with Gasteiger partial charge < -0.3 is 10.8 Å². The molecular weight excluding hydrogens is 316 g/mol. The first kappa shape index (κ1) is 18.2. The molecule has 0 spiro atoms. The fourth-order valence-corrected chi connectivity index (χ4v) is 5.36. The number of hydrogen-bond acceptors (Lipinski definition) is 3. The molecule has 2 aliphatic rings. The molecule has 3 nitrogen and oxygen atoms in total. The number of likely N-dealkylation sites (tertiary alicyclic amines) is 1. The summed E-state index contributed by atoms with van der Waals surface area (Å²) in [4.78, 5) is 3.79. The number of piperidine rings is 1. The summed E-state index contributed by atoms with van der Waals surface area (Å²) in [5, 5.41) is 10.6. The number of nitrogens with zero attached hydrogens (tertiary/aromatic N) is 1. The molecule has 1 aliphatic heterocycles. The Labute approximate surface area is 151 Å². The first-order valence-electron chi connectivity index (χ1n) is 9.56. The molecule has 134 valence electrons. The maximum atomic E-state index is 10.6. The maximum absolute atomic E-state index is 10.6. The van der Waals surface area contributed by atoms with E-state index in [1.54, 1.807) is 11.8 Å². The minimum absolute atomic E-state index is 0.0754. The third-order valence-electron chi connectivity index (χ3n) is 5.98. The van der Waals surface area contributed by atoms with E-state index >= 15 is 0 Å². The van der Waals surface area contributed by atoms with Crippen molar-refractivity contribution in [1.29, 1.82) is 0 Å². The monoisotopic (exact) mass is 349 g/mol. The summed E-state index contributed by atoms with van der Waals surface area (Å²) in [5.74, 6) is 2.68. The standard InChI is InChI=1S/C20H32N2OS/c1-15-11-16-7-5-6-8-17(16)12-22(15)13-20(23)19(21)14-24-18-9-3-2-4-10-18/h2-4,9-10,15-17,19-20,23H,5-8,11-14,21H2,1H3/p+1. The molecule has 1 saturated carbocycles. The zero-order chi connectivity index (χ0) is 16.9. The Morgan fingerprint density at radius 1 is 1.21 bits per heavy atom. The second-order valence-corrected chi connectivity index (χ2v) is 8.89. The summed E-state index contributed by atoms with van der Waals surface area (Å²) in [6.07, 6.45) is 6.63. The van der Waals surface area contributed by atoms with Crippen LogP contribution in [-0.2, 0) is 0 Å². The van der Waals surface area contributed by atoms with E-state index in [1.165, 1.54) is 43.5 Å². The van der Waals surface area contributed by atoms with Crippen molar-refractivity contribution in [3.8, 4) is 0 Å². The Kier molecular flexibility index (Phi) is 6.62. The van der Waals surface area contributed by atoms with Crippen LogP contribution in [0.4, 0.5) is 0 Å². The van der Waals surface area contributed by atoms with Gasteiger partial charge in [0.1, 0.15) is 12.1 Å². The van der Waals surface area contributed by atoms with Crippen LogP contribution in [0.5, 0.6) is 0 Å². The summed E-state index contributed by atoms with van der Waals surface area (Å²) >= 11 is 1.80. The van der Waals surface area contributed by atoms with Gasteiger partial charge in [0.15, 0.2) is 0 Å². The Bertz CT molecular complexity index is 498. The quantitative estimate of drug-likeness (QED) is 0.776. The van der Waals surface area contributed by atoms with Gasteiger partial charge in [0, 0.05) is 24.0 Å². The molecule has 0 bridgehead atoms. The third-order valence-corrected chi connectivity index (χ3v) is 7.18. The largest absolute Gasteiger partial charge is 0.386 e. The molecule has 1 saturated heterocycles. The lowest BCUT2D eigenvalue weighted by Crippen LogP contribution is -2.69. The van der Waals surface area contributed by atoms with Crippen LogP contribution in [0.3, 0.4) is 0 Å². The highest BCUT2D eigenvalue weighted by molar-refractivity contribution is 7.99.